The molecule has 0 aliphatic carbocycles. The molecular formula is C84H118N24O19S2. The van der Waals surface area contributed by atoms with E-state index in [4.69, 9.17) is 28.3 Å². The number of guanidine groups is 1. The number of aromatic amines is 3. The third kappa shape index (κ3) is 29.3. The number of rotatable bonds is 51. The Bertz CT molecular complexity index is 4920. The largest absolute Gasteiger partial charge is 0.508 e. The fraction of sp³-hybridized carbons (Fsp3) is 0.500. The van der Waals surface area contributed by atoms with Gasteiger partial charge in [0.25, 0.3) is 0 Å². The van der Waals surface area contributed by atoms with Gasteiger partial charge in [0.05, 0.1) is 44.3 Å². The molecule has 2 fully saturated rings. The summed E-state index contributed by atoms with van der Waals surface area (Å²) < 4.78 is 0. The first-order valence-electron chi connectivity index (χ1n) is 42.3. The number of phenolic OH excluding ortho intramolecular Hbond substituents is 1. The van der Waals surface area contributed by atoms with Gasteiger partial charge in [0.1, 0.15) is 78.3 Å². The summed E-state index contributed by atoms with van der Waals surface area (Å²) in [6.45, 7) is -0.843. The van der Waals surface area contributed by atoms with Crippen molar-refractivity contribution in [2.45, 2.75) is 182 Å². The van der Waals surface area contributed by atoms with Crippen LogP contribution >= 0.6 is 23.5 Å². The molecule has 13 atom stereocenters. The van der Waals surface area contributed by atoms with Gasteiger partial charge in [0.15, 0.2) is 5.96 Å². The number of carbonyl (C=O) groups excluding carboxylic acids is 16. The van der Waals surface area contributed by atoms with Crippen LogP contribution in [-0.2, 0) is 102 Å². The van der Waals surface area contributed by atoms with Gasteiger partial charge in [-0.2, -0.15) is 11.8 Å². The number of nitrogens with one attached hydrogen (secondary N) is 15. The molecule has 0 saturated carbocycles. The fourth-order valence-corrected chi connectivity index (χ4v) is 16.6. The number of amides is 16. The van der Waals surface area contributed by atoms with Crippen molar-refractivity contribution in [3.63, 3.8) is 0 Å². The van der Waals surface area contributed by atoms with E-state index in [1.807, 2.05) is 6.92 Å². The van der Waals surface area contributed by atoms with Crippen LogP contribution in [0.4, 0.5) is 0 Å². The molecule has 16 amide bonds. The normalized spacial score (nSPS) is 16.2. The molecule has 0 spiro atoms. The van der Waals surface area contributed by atoms with E-state index in [0.29, 0.717) is 63.5 Å². The van der Waals surface area contributed by atoms with E-state index in [0.717, 1.165) is 26.5 Å². The number of likely N-dealkylation sites (tertiary alicyclic amines) is 2. The van der Waals surface area contributed by atoms with E-state index >= 15 is 24.0 Å². The van der Waals surface area contributed by atoms with Crippen molar-refractivity contribution in [3.8, 4) is 5.75 Å². The SMILES string of the molecule is CCCC[C@@H](C(=O)N(C)[C@@H](CCSC)C(=O)N[C@@H](CCCNC(=N)N)C(=O)NC(CSCC(=O)N[C@@H](Cc1ccc(O)cc1)C(=O)NC)C(=O)NCC(N)=O)N(C)C(=O)[C@H](Cc1c[nH]c2ccccc12)NC(=O)[C@H](CO)NC(=O)[C@H](Cc1c[nH]c2ccccc12)NC(=O)[C@@H]1CCCN1C(=O)[C@H](CO)NC(=O)[C@H](Cc1cnc[nH]1)NC(=O)[C@@H]1CCCN1C(=O)[C@@H](N)CC(N)=O. The first kappa shape index (κ1) is 102. The number of aromatic hydroxyl groups is 1. The molecule has 43 nitrogen and oxygen atoms in total. The molecular weight excluding hydrogens is 1710 g/mol. The number of hydrogen-bond acceptors (Lipinski definition) is 24. The minimum Gasteiger partial charge on any atom is -0.508 e. The zero-order valence-corrected chi connectivity index (χ0v) is 74.1. The van der Waals surface area contributed by atoms with Crippen LogP contribution < -0.4 is 81.4 Å². The van der Waals surface area contributed by atoms with Crippen LogP contribution in [0.25, 0.3) is 21.8 Å². The molecule has 0 bridgehead atoms. The number of unbranched alkanes of at least 4 members (excludes halogenated alkanes) is 1. The maximum absolute atomic E-state index is 15.7. The van der Waals surface area contributed by atoms with E-state index in [1.54, 1.807) is 79.3 Å². The van der Waals surface area contributed by atoms with Gasteiger partial charge in [0.2, 0.25) is 94.5 Å². The summed E-state index contributed by atoms with van der Waals surface area (Å²) in [5.74, 6) is -14.4. The van der Waals surface area contributed by atoms with Gasteiger partial charge in [0, 0.05) is 118 Å². The smallest absolute Gasteiger partial charge is 0.248 e. The Morgan fingerprint density at radius 2 is 1.10 bits per heavy atom. The molecule has 2 aliphatic rings. The molecule has 700 valence electrons. The topological polar surface area (TPSA) is 667 Å². The van der Waals surface area contributed by atoms with E-state index < -0.39 is 205 Å². The number of fused-ring (bicyclic) bond motifs is 2. The lowest BCUT2D eigenvalue weighted by Crippen LogP contribution is -2.62. The maximum Gasteiger partial charge on any atom is 0.248 e. The highest BCUT2D eigenvalue weighted by molar-refractivity contribution is 8.00. The van der Waals surface area contributed by atoms with Crippen molar-refractivity contribution in [1.82, 2.24) is 98.0 Å². The highest BCUT2D eigenvalue weighted by Crippen LogP contribution is 2.27. The lowest BCUT2D eigenvalue weighted by molar-refractivity contribution is -0.149. The number of imidazole rings is 1. The van der Waals surface area contributed by atoms with Gasteiger partial charge in [-0.3, -0.25) is 82.1 Å². The van der Waals surface area contributed by atoms with Crippen molar-refractivity contribution in [1.29, 1.82) is 5.41 Å². The molecule has 8 rings (SSSR count). The Morgan fingerprint density at radius 1 is 0.566 bits per heavy atom. The minimum atomic E-state index is -1.87. The standard InChI is InChI=1S/C84H118N24O19S2/c1-6-7-20-67(83(127)105(3)64(27-31-128-5)77(121)98-56(19-12-28-92-84(88)89)73(117)104-63(72(116)95-40-69(87)113)43-129-44-70(114)97-57(71(115)90-2)32-46-23-25-50(111)26-24-46)106(4)81(125)60(34-48-38-94-55-18-11-9-16-52(48)55)101-76(120)61(41-109)102-74(118)58(33-47-37-93-54-17-10-8-15-51(47)54)99-79(123)66-22-14-30-108(66)82(126)62(42-110)103-75(119)59(35-49-39-91-45-96-49)100-78(122)65-21-13-29-107(65)80(124)53(85)36-68(86)112/h8-11,15-18,23-26,37-39,45,53,56-67,93-94,109-111H,6-7,12-14,19-22,27-36,40-44,85H2,1-5H3,(H2,86,112)(H2,87,113)(H,90,115)(H,91,96)(H,95,116)(H,97,114)(H,98,121)(H,99,123)(H,100,122)(H,101,120)(H,102,118)(H,103,119)(H,104,117)(H4,88,89,92)/t53-,56-,57-,58-,59-,60-,61-,62-,63?,64-,65-,66-,67-/m0/s1. The number of nitrogens with zero attached hydrogens (tertiary/aromatic N) is 5. The first-order valence-corrected chi connectivity index (χ1v) is 44.8. The Balaban J connectivity index is 1.01. The number of H-pyrrole nitrogens is 3. The van der Waals surface area contributed by atoms with Crippen molar-refractivity contribution >= 4 is 146 Å². The number of aromatic nitrogens is 4. The molecule has 2 aliphatic heterocycles. The van der Waals surface area contributed by atoms with Crippen LogP contribution in [0, 0.1) is 5.41 Å². The maximum atomic E-state index is 15.7. The Hall–Kier alpha value is -12.9. The molecule has 3 aromatic carbocycles. The predicted octanol–water partition coefficient (Wildman–Crippen LogP) is -4.66. The first-order chi connectivity index (χ1) is 61.7. The van der Waals surface area contributed by atoms with E-state index in [-0.39, 0.29) is 113 Å². The summed E-state index contributed by atoms with van der Waals surface area (Å²) in [5, 5.41) is 69.5. The second-order valence-electron chi connectivity index (χ2n) is 31.5. The zero-order chi connectivity index (χ0) is 94.1. The Morgan fingerprint density at radius 3 is 1.66 bits per heavy atom. The number of aliphatic hydroxyl groups excluding tert-OH is 2. The van der Waals surface area contributed by atoms with Gasteiger partial charge < -0.3 is 131 Å². The summed E-state index contributed by atoms with van der Waals surface area (Å²) in [6, 6.07) is 1.29. The number of aliphatic hydroxyl groups is 2. The van der Waals surface area contributed by atoms with Crippen molar-refractivity contribution in [2.24, 2.45) is 22.9 Å². The van der Waals surface area contributed by atoms with Crippen LogP contribution in [0.3, 0.4) is 0 Å². The average Bonchev–Trinajstić information content (AvgIpc) is 1.72. The molecule has 0 radical (unpaired) electrons. The van der Waals surface area contributed by atoms with E-state index in [9.17, 15) is 68.1 Å². The second kappa shape index (κ2) is 50.0. The molecule has 45 heteroatoms. The minimum absolute atomic E-state index is 0.00116. The molecule has 129 heavy (non-hydrogen) atoms. The summed E-state index contributed by atoms with van der Waals surface area (Å²) in [6.07, 6.45) is 8.02. The Labute approximate surface area is 752 Å². The number of phenols is 1. The second-order valence-corrected chi connectivity index (χ2v) is 33.5. The third-order valence-corrected chi connectivity index (χ3v) is 23.9. The van der Waals surface area contributed by atoms with Crippen molar-refractivity contribution < 1.29 is 92.0 Å². The molecule has 6 aromatic rings. The summed E-state index contributed by atoms with van der Waals surface area (Å²) >= 11 is 2.20. The summed E-state index contributed by atoms with van der Waals surface area (Å²) in [4.78, 5) is 244. The van der Waals surface area contributed by atoms with Crippen LogP contribution in [0.15, 0.2) is 97.7 Å². The van der Waals surface area contributed by atoms with Gasteiger partial charge in [-0.25, -0.2) is 4.98 Å². The fourth-order valence-electron chi connectivity index (χ4n) is 15.3. The molecule has 2 saturated heterocycles. The summed E-state index contributed by atoms with van der Waals surface area (Å²) in [7, 11) is 4.07. The molecule has 1 unspecified atom stereocenters. The number of thioether (sulfide) groups is 2. The monoisotopic (exact) mass is 1830 g/mol. The number of carbonyl (C=O) groups is 16. The van der Waals surface area contributed by atoms with E-state index in [1.165, 1.54) is 62.5 Å². The van der Waals surface area contributed by atoms with Crippen molar-refractivity contribution in [2.75, 3.05) is 84.1 Å². The lowest BCUT2D eigenvalue weighted by atomic mass is 10.0. The number of para-hydroxylation sites is 2. The van der Waals surface area contributed by atoms with Gasteiger partial charge in [-0.05, 0) is 104 Å². The quantitative estimate of drug-likeness (QED) is 0.00970. The molecule has 26 N–H and O–H groups in total. The highest BCUT2D eigenvalue weighted by atomic mass is 32.2. The third-order valence-electron chi connectivity index (χ3n) is 22.2. The molecule has 5 heterocycles. The van der Waals surface area contributed by atoms with Crippen LogP contribution in [-0.4, -0.2) is 318 Å². The van der Waals surface area contributed by atoms with Crippen LogP contribution in [0.2, 0.25) is 0 Å². The van der Waals surface area contributed by atoms with Crippen LogP contribution in [0.1, 0.15) is 99.9 Å². The molecule has 3 aromatic heterocycles. The number of benzene rings is 3. The van der Waals surface area contributed by atoms with Gasteiger partial charge >= 0.3 is 0 Å². The van der Waals surface area contributed by atoms with E-state index in [2.05, 4.69) is 78.4 Å². The number of nitrogens with two attached hydrogens (primary N) is 4. The van der Waals surface area contributed by atoms with Crippen molar-refractivity contribution in [3.05, 3.63) is 120 Å². The summed E-state index contributed by atoms with van der Waals surface area (Å²) in [5.41, 5.74) is 25.5. The Kier molecular flexibility index (Phi) is 39.4. The van der Waals surface area contributed by atoms with Gasteiger partial charge in [-0.1, -0.05) is 68.3 Å². The number of hydrogen-bond donors (Lipinski definition) is 22. The average molecular weight is 1830 g/mol. The van der Waals surface area contributed by atoms with Crippen LogP contribution in [0.5, 0.6) is 5.75 Å². The predicted molar refractivity (Wildman–Crippen MR) is 477 cm³/mol. The lowest BCUT2D eigenvalue weighted by Gasteiger charge is -2.36. The highest BCUT2D eigenvalue weighted by Gasteiger charge is 2.44. The number of primary amides is 2. The van der Waals surface area contributed by atoms with Gasteiger partial charge in [-0.15, -0.1) is 11.8 Å². The zero-order valence-electron chi connectivity index (χ0n) is 72.4. The number of likely N-dealkylation sites (N-methyl/N-ethyl adjacent to an activating group) is 3.